The van der Waals surface area contributed by atoms with Gasteiger partial charge in [-0.05, 0) is 5.56 Å². The maximum atomic E-state index is 12.5. The average molecular weight is 338 g/mol. The first kappa shape index (κ1) is 16.4. The highest BCUT2D eigenvalue weighted by Crippen LogP contribution is 2.15. The molecule has 8 heteroatoms. The molecule has 0 aliphatic carbocycles. The van der Waals surface area contributed by atoms with Crippen LogP contribution in [0.4, 0.5) is 5.95 Å². The van der Waals surface area contributed by atoms with Gasteiger partial charge in [-0.3, -0.25) is 18.5 Å². The summed E-state index contributed by atoms with van der Waals surface area (Å²) >= 11 is 0. The predicted octanol–water partition coefficient (Wildman–Crippen LogP) is 1.07. The van der Waals surface area contributed by atoms with Crippen LogP contribution in [0, 0.1) is 0 Å². The molecule has 3 rings (SSSR count). The second-order valence-electron chi connectivity index (χ2n) is 5.49. The minimum Gasteiger partial charge on any atom is -0.299 e. The largest absolute Gasteiger partial charge is 0.332 e. The fourth-order valence-electron chi connectivity index (χ4n) is 2.54. The summed E-state index contributed by atoms with van der Waals surface area (Å²) in [7, 11) is 3.02. The van der Waals surface area contributed by atoms with Crippen molar-refractivity contribution >= 4 is 23.3 Å². The number of aryl methyl sites for hydroxylation is 1. The Morgan fingerprint density at radius 2 is 1.92 bits per heavy atom. The molecule has 0 bridgehead atoms. The topological polar surface area (TPSA) is 86.2 Å². The fraction of sp³-hybridized carbons (Fsp3) is 0.176. The molecule has 25 heavy (non-hydrogen) atoms. The Balaban J connectivity index is 2.10. The van der Waals surface area contributed by atoms with Gasteiger partial charge in [0.1, 0.15) is 0 Å². The van der Waals surface area contributed by atoms with Crippen molar-refractivity contribution < 1.29 is 0 Å². The number of allylic oxidation sites excluding steroid dienone is 1. The van der Waals surface area contributed by atoms with Crippen molar-refractivity contribution in [2.24, 2.45) is 19.2 Å². The summed E-state index contributed by atoms with van der Waals surface area (Å²) in [5.74, 6) is 0.361. The summed E-state index contributed by atoms with van der Waals surface area (Å²) in [5, 5.41) is 4.17. The van der Waals surface area contributed by atoms with E-state index < -0.39 is 11.2 Å². The first-order valence-electron chi connectivity index (χ1n) is 7.66. The number of anilines is 1. The molecule has 1 aromatic carbocycles. The van der Waals surface area contributed by atoms with Crippen molar-refractivity contribution in [3.05, 3.63) is 69.4 Å². The molecule has 8 nitrogen and oxygen atoms in total. The van der Waals surface area contributed by atoms with Crippen LogP contribution < -0.4 is 16.7 Å². The molecule has 0 unspecified atom stereocenters. The Morgan fingerprint density at radius 3 is 2.60 bits per heavy atom. The van der Waals surface area contributed by atoms with E-state index in [4.69, 9.17) is 0 Å². The van der Waals surface area contributed by atoms with Crippen molar-refractivity contribution in [1.82, 2.24) is 18.7 Å². The van der Waals surface area contributed by atoms with Crippen molar-refractivity contribution in [2.45, 2.75) is 6.54 Å². The maximum Gasteiger partial charge on any atom is 0.332 e. The molecule has 0 aliphatic heterocycles. The highest BCUT2D eigenvalue weighted by atomic mass is 16.2. The number of aromatic nitrogens is 4. The van der Waals surface area contributed by atoms with Crippen LogP contribution in [-0.4, -0.2) is 24.9 Å². The molecular weight excluding hydrogens is 320 g/mol. The van der Waals surface area contributed by atoms with Crippen LogP contribution in [0.1, 0.15) is 5.56 Å². The van der Waals surface area contributed by atoms with E-state index in [2.05, 4.69) is 22.1 Å². The van der Waals surface area contributed by atoms with E-state index in [0.29, 0.717) is 23.7 Å². The van der Waals surface area contributed by atoms with E-state index in [9.17, 15) is 9.59 Å². The Bertz CT molecular complexity index is 1070. The smallest absolute Gasteiger partial charge is 0.299 e. The van der Waals surface area contributed by atoms with Gasteiger partial charge in [-0.25, -0.2) is 10.2 Å². The zero-order valence-electron chi connectivity index (χ0n) is 14.0. The number of rotatable bonds is 5. The van der Waals surface area contributed by atoms with E-state index in [-0.39, 0.29) is 0 Å². The third kappa shape index (κ3) is 2.89. The number of nitrogens with one attached hydrogen (secondary N) is 1. The molecule has 0 atom stereocenters. The molecule has 128 valence electrons. The normalized spacial score (nSPS) is 11.3. The molecule has 1 N–H and O–H groups in total. The molecule has 0 aliphatic rings. The highest BCUT2D eigenvalue weighted by Gasteiger charge is 2.18. The zero-order chi connectivity index (χ0) is 18.0. The van der Waals surface area contributed by atoms with E-state index in [0.717, 1.165) is 10.1 Å². The minimum atomic E-state index is -0.430. The number of nitrogens with zero attached hydrogens (tertiary/aromatic N) is 5. The third-order valence-corrected chi connectivity index (χ3v) is 3.84. The molecule has 0 amide bonds. The summed E-state index contributed by atoms with van der Waals surface area (Å²) in [4.78, 5) is 28.9. The van der Waals surface area contributed by atoms with E-state index in [1.54, 1.807) is 23.9 Å². The van der Waals surface area contributed by atoms with Gasteiger partial charge < -0.3 is 0 Å². The van der Waals surface area contributed by atoms with Crippen LogP contribution in [0.5, 0.6) is 0 Å². The second kappa shape index (κ2) is 6.60. The van der Waals surface area contributed by atoms with Gasteiger partial charge in [-0.1, -0.05) is 36.4 Å². The molecular formula is C17H18N6O2. The van der Waals surface area contributed by atoms with Gasteiger partial charge in [0.15, 0.2) is 11.2 Å². The number of imidazole rings is 1. The monoisotopic (exact) mass is 338 g/mol. The van der Waals surface area contributed by atoms with E-state index in [1.807, 2.05) is 30.3 Å². The number of fused-ring (bicyclic) bond motifs is 1. The van der Waals surface area contributed by atoms with Crippen LogP contribution >= 0.6 is 0 Å². The van der Waals surface area contributed by atoms with Gasteiger partial charge >= 0.3 is 5.69 Å². The molecule has 0 saturated heterocycles. The van der Waals surface area contributed by atoms with Gasteiger partial charge in [0.2, 0.25) is 5.95 Å². The minimum absolute atomic E-state index is 0.298. The predicted molar refractivity (Wildman–Crippen MR) is 98.1 cm³/mol. The average Bonchev–Trinajstić information content (AvgIpc) is 2.98. The van der Waals surface area contributed by atoms with Crippen LogP contribution in [0.15, 0.2) is 57.7 Å². The zero-order valence-corrected chi connectivity index (χ0v) is 14.0. The molecule has 2 heterocycles. The van der Waals surface area contributed by atoms with E-state index in [1.165, 1.54) is 11.6 Å². The summed E-state index contributed by atoms with van der Waals surface area (Å²) in [6, 6.07) is 9.57. The fourth-order valence-corrected chi connectivity index (χ4v) is 2.54. The highest BCUT2D eigenvalue weighted by molar-refractivity contribution is 5.80. The van der Waals surface area contributed by atoms with Crippen molar-refractivity contribution in [3.63, 3.8) is 0 Å². The first-order chi connectivity index (χ1) is 12.0. The lowest BCUT2D eigenvalue weighted by Gasteiger charge is -2.06. The van der Waals surface area contributed by atoms with Gasteiger partial charge in [0, 0.05) is 20.6 Å². The Labute approximate surface area is 143 Å². The summed E-state index contributed by atoms with van der Waals surface area (Å²) < 4.78 is 4.04. The number of hydrogen-bond acceptors (Lipinski definition) is 5. The van der Waals surface area contributed by atoms with Gasteiger partial charge in [0.05, 0.1) is 6.21 Å². The SMILES string of the molecule is C=CCn1c(NN=Cc2ccccc2)nc2c1c(=O)n(C)c(=O)n2C. The Hall–Kier alpha value is -3.42. The van der Waals surface area contributed by atoms with E-state index >= 15 is 0 Å². The number of benzene rings is 1. The Morgan fingerprint density at radius 1 is 1.20 bits per heavy atom. The first-order valence-corrected chi connectivity index (χ1v) is 7.66. The van der Waals surface area contributed by atoms with Crippen molar-refractivity contribution in [3.8, 4) is 0 Å². The standard InChI is InChI=1S/C17H18N6O2/c1-4-10-23-13-14(21(2)17(25)22(3)15(13)24)19-16(23)20-18-11-12-8-6-5-7-9-12/h4-9,11H,1,10H2,2-3H3,(H,19,20). The van der Waals surface area contributed by atoms with Gasteiger partial charge in [0.25, 0.3) is 5.56 Å². The van der Waals surface area contributed by atoms with Crippen LogP contribution in [0.25, 0.3) is 11.2 Å². The van der Waals surface area contributed by atoms with Gasteiger partial charge in [-0.2, -0.15) is 10.1 Å². The second-order valence-corrected chi connectivity index (χ2v) is 5.49. The molecule has 0 radical (unpaired) electrons. The lowest BCUT2D eigenvalue weighted by molar-refractivity contribution is 0.703. The molecule has 2 aromatic heterocycles. The van der Waals surface area contributed by atoms with Crippen LogP contribution in [0.3, 0.4) is 0 Å². The van der Waals surface area contributed by atoms with Gasteiger partial charge in [-0.15, -0.1) is 6.58 Å². The Kier molecular flexibility index (Phi) is 4.34. The molecule has 0 saturated carbocycles. The number of hydrogen-bond donors (Lipinski definition) is 1. The maximum absolute atomic E-state index is 12.5. The van der Waals surface area contributed by atoms with Crippen molar-refractivity contribution in [1.29, 1.82) is 0 Å². The third-order valence-electron chi connectivity index (χ3n) is 3.84. The summed E-state index contributed by atoms with van der Waals surface area (Å²) in [6.45, 7) is 4.07. The summed E-state index contributed by atoms with van der Waals surface area (Å²) in [6.07, 6.45) is 3.30. The molecule has 0 fully saturated rings. The lowest BCUT2D eigenvalue weighted by Crippen LogP contribution is -2.37. The van der Waals surface area contributed by atoms with Crippen LogP contribution in [-0.2, 0) is 20.6 Å². The van der Waals surface area contributed by atoms with Crippen LogP contribution in [0.2, 0.25) is 0 Å². The lowest BCUT2D eigenvalue weighted by atomic mass is 10.2. The molecule has 0 spiro atoms. The summed E-state index contributed by atoms with van der Waals surface area (Å²) in [5.41, 5.74) is 3.54. The number of hydrazone groups is 1. The quantitative estimate of drug-likeness (QED) is 0.428. The molecule has 3 aromatic rings. The van der Waals surface area contributed by atoms with Crippen molar-refractivity contribution in [2.75, 3.05) is 5.43 Å².